The topological polar surface area (TPSA) is 86.7 Å². The molecular weight excluding hydrogens is 284 g/mol. The van der Waals surface area contributed by atoms with Crippen LogP contribution in [0.15, 0.2) is 18.2 Å². The number of hydrogen-bond donors (Lipinski definition) is 2. The first kappa shape index (κ1) is 16.0. The van der Waals surface area contributed by atoms with E-state index >= 15 is 0 Å². The number of carboxylic acid groups (broad SMARTS) is 1. The van der Waals surface area contributed by atoms with Gasteiger partial charge in [-0.25, -0.2) is 0 Å². The molecule has 0 spiro atoms. The van der Waals surface area contributed by atoms with Crippen LogP contribution >= 0.6 is 0 Å². The lowest BCUT2D eigenvalue weighted by Crippen LogP contribution is -2.25. The number of fused-ring (bicyclic) bond motifs is 1. The maximum Gasteiger partial charge on any atom is 0.303 e. The van der Waals surface area contributed by atoms with E-state index in [2.05, 4.69) is 5.32 Å². The standard InChI is InChI=1S/C16H20N2O4/c1-11(19)18-9-8-12-10-13(6-7-14(12)18)17-15(20)4-2-3-5-16(21)22/h6-7,10H,2-5,8-9H2,1H3,(H,17,20)(H,21,22). The number of carbonyl (C=O) groups excluding carboxylic acids is 2. The lowest BCUT2D eigenvalue weighted by Gasteiger charge is -2.15. The number of amides is 2. The van der Waals surface area contributed by atoms with Gasteiger partial charge in [0, 0.05) is 37.7 Å². The molecule has 0 saturated heterocycles. The van der Waals surface area contributed by atoms with Crippen molar-refractivity contribution in [2.75, 3.05) is 16.8 Å². The summed E-state index contributed by atoms with van der Waals surface area (Å²) >= 11 is 0. The fourth-order valence-corrected chi connectivity index (χ4v) is 2.59. The van der Waals surface area contributed by atoms with Gasteiger partial charge >= 0.3 is 5.97 Å². The Bertz CT molecular complexity index is 598. The van der Waals surface area contributed by atoms with Gasteiger partial charge in [0.1, 0.15) is 0 Å². The molecule has 1 aliphatic heterocycles. The molecule has 2 amide bonds. The van der Waals surface area contributed by atoms with E-state index in [1.54, 1.807) is 17.9 Å². The molecule has 0 radical (unpaired) electrons. The molecule has 0 fully saturated rings. The van der Waals surface area contributed by atoms with Crippen molar-refractivity contribution in [2.45, 2.75) is 39.0 Å². The van der Waals surface area contributed by atoms with Crippen LogP contribution in [0.1, 0.15) is 38.2 Å². The zero-order valence-electron chi connectivity index (χ0n) is 12.6. The van der Waals surface area contributed by atoms with Crippen molar-refractivity contribution in [2.24, 2.45) is 0 Å². The lowest BCUT2D eigenvalue weighted by molar-refractivity contribution is -0.137. The molecule has 0 aliphatic carbocycles. The van der Waals surface area contributed by atoms with E-state index in [9.17, 15) is 14.4 Å². The molecule has 0 unspecified atom stereocenters. The third-order valence-electron chi connectivity index (χ3n) is 3.68. The van der Waals surface area contributed by atoms with Gasteiger partial charge in [-0.2, -0.15) is 0 Å². The maximum absolute atomic E-state index is 11.8. The van der Waals surface area contributed by atoms with Gasteiger partial charge in [-0.05, 0) is 43.0 Å². The van der Waals surface area contributed by atoms with Crippen molar-refractivity contribution in [3.63, 3.8) is 0 Å². The Labute approximate surface area is 129 Å². The predicted molar refractivity (Wildman–Crippen MR) is 82.9 cm³/mol. The Morgan fingerprint density at radius 3 is 2.64 bits per heavy atom. The van der Waals surface area contributed by atoms with E-state index in [1.165, 1.54) is 0 Å². The number of anilines is 2. The van der Waals surface area contributed by atoms with Gasteiger partial charge in [0.05, 0.1) is 0 Å². The summed E-state index contributed by atoms with van der Waals surface area (Å²) in [6.45, 7) is 2.22. The number of rotatable bonds is 6. The molecule has 6 nitrogen and oxygen atoms in total. The van der Waals surface area contributed by atoms with Gasteiger partial charge in [0.15, 0.2) is 0 Å². The van der Waals surface area contributed by atoms with Crippen molar-refractivity contribution in [3.05, 3.63) is 23.8 Å². The van der Waals surface area contributed by atoms with Gasteiger partial charge in [-0.3, -0.25) is 14.4 Å². The molecule has 0 atom stereocenters. The summed E-state index contributed by atoms with van der Waals surface area (Å²) in [5, 5.41) is 11.3. The number of carboxylic acids is 1. The van der Waals surface area contributed by atoms with Crippen LogP contribution in [0.25, 0.3) is 0 Å². The fourth-order valence-electron chi connectivity index (χ4n) is 2.59. The SMILES string of the molecule is CC(=O)N1CCc2cc(NC(=O)CCCCC(=O)O)ccc21. The van der Waals surface area contributed by atoms with E-state index in [1.807, 2.05) is 12.1 Å². The average Bonchev–Trinajstić information content (AvgIpc) is 2.86. The van der Waals surface area contributed by atoms with Crippen LogP contribution in [0.5, 0.6) is 0 Å². The lowest BCUT2D eigenvalue weighted by atomic mass is 10.1. The van der Waals surface area contributed by atoms with Crippen molar-refractivity contribution in [3.8, 4) is 0 Å². The zero-order chi connectivity index (χ0) is 16.1. The van der Waals surface area contributed by atoms with Crippen molar-refractivity contribution >= 4 is 29.2 Å². The molecule has 1 aromatic rings. The molecule has 2 N–H and O–H groups in total. The first-order chi connectivity index (χ1) is 10.5. The molecule has 118 valence electrons. The van der Waals surface area contributed by atoms with Crippen LogP contribution in [-0.2, 0) is 20.8 Å². The minimum atomic E-state index is -0.839. The highest BCUT2D eigenvalue weighted by Gasteiger charge is 2.22. The second kappa shape index (κ2) is 7.06. The molecule has 0 saturated carbocycles. The van der Waals surface area contributed by atoms with Crippen LogP contribution in [0, 0.1) is 0 Å². The molecule has 2 rings (SSSR count). The van der Waals surface area contributed by atoms with E-state index in [0.717, 1.165) is 17.7 Å². The minimum absolute atomic E-state index is 0.0222. The Morgan fingerprint density at radius 1 is 1.23 bits per heavy atom. The quantitative estimate of drug-likeness (QED) is 0.789. The summed E-state index contributed by atoms with van der Waals surface area (Å²) in [5.41, 5.74) is 2.68. The molecule has 1 aromatic carbocycles. The van der Waals surface area contributed by atoms with Crippen LogP contribution < -0.4 is 10.2 Å². The van der Waals surface area contributed by atoms with Crippen LogP contribution in [0.4, 0.5) is 11.4 Å². The second-order valence-electron chi connectivity index (χ2n) is 5.41. The third-order valence-corrected chi connectivity index (χ3v) is 3.68. The van der Waals surface area contributed by atoms with Crippen molar-refractivity contribution < 1.29 is 19.5 Å². The van der Waals surface area contributed by atoms with Crippen molar-refractivity contribution in [1.29, 1.82) is 0 Å². The molecule has 1 aliphatic rings. The first-order valence-corrected chi connectivity index (χ1v) is 7.40. The number of nitrogens with zero attached hydrogens (tertiary/aromatic N) is 1. The second-order valence-corrected chi connectivity index (χ2v) is 5.41. The highest BCUT2D eigenvalue weighted by molar-refractivity contribution is 5.95. The van der Waals surface area contributed by atoms with Gasteiger partial charge in [-0.1, -0.05) is 0 Å². The number of nitrogens with one attached hydrogen (secondary N) is 1. The summed E-state index contributed by atoms with van der Waals surface area (Å²) in [6.07, 6.45) is 2.25. The summed E-state index contributed by atoms with van der Waals surface area (Å²) in [5.74, 6) is -0.935. The number of hydrogen-bond acceptors (Lipinski definition) is 3. The molecule has 22 heavy (non-hydrogen) atoms. The van der Waals surface area contributed by atoms with Gasteiger partial charge in [0.2, 0.25) is 11.8 Å². The van der Waals surface area contributed by atoms with Crippen LogP contribution in [-0.4, -0.2) is 29.4 Å². The normalized spacial score (nSPS) is 12.9. The van der Waals surface area contributed by atoms with Crippen LogP contribution in [0.2, 0.25) is 0 Å². The molecule has 6 heteroatoms. The average molecular weight is 304 g/mol. The van der Waals surface area contributed by atoms with Crippen LogP contribution in [0.3, 0.4) is 0 Å². The zero-order valence-corrected chi connectivity index (χ0v) is 12.6. The Balaban J connectivity index is 1.88. The summed E-state index contributed by atoms with van der Waals surface area (Å²) < 4.78 is 0. The Hall–Kier alpha value is -2.37. The largest absolute Gasteiger partial charge is 0.481 e. The smallest absolute Gasteiger partial charge is 0.303 e. The van der Waals surface area contributed by atoms with E-state index in [0.29, 0.717) is 31.5 Å². The minimum Gasteiger partial charge on any atom is -0.481 e. The predicted octanol–water partition coefficient (Wildman–Crippen LogP) is 2.18. The summed E-state index contributed by atoms with van der Waals surface area (Å²) in [6, 6.07) is 5.53. The van der Waals surface area contributed by atoms with Gasteiger partial charge in [-0.15, -0.1) is 0 Å². The number of aliphatic carboxylic acids is 1. The Kier molecular flexibility index (Phi) is 5.14. The summed E-state index contributed by atoms with van der Waals surface area (Å²) in [7, 11) is 0. The molecular formula is C16H20N2O4. The van der Waals surface area contributed by atoms with E-state index < -0.39 is 5.97 Å². The maximum atomic E-state index is 11.8. The van der Waals surface area contributed by atoms with Gasteiger partial charge in [0.25, 0.3) is 0 Å². The van der Waals surface area contributed by atoms with Gasteiger partial charge < -0.3 is 15.3 Å². The Morgan fingerprint density at radius 2 is 1.95 bits per heavy atom. The molecule has 0 aromatic heterocycles. The van der Waals surface area contributed by atoms with Crippen molar-refractivity contribution in [1.82, 2.24) is 0 Å². The fraction of sp³-hybridized carbons (Fsp3) is 0.438. The monoisotopic (exact) mass is 304 g/mol. The number of unbranched alkanes of at least 4 members (excludes halogenated alkanes) is 1. The number of benzene rings is 1. The van der Waals surface area contributed by atoms with E-state index in [4.69, 9.17) is 5.11 Å². The highest BCUT2D eigenvalue weighted by atomic mass is 16.4. The number of carbonyl (C=O) groups is 3. The summed E-state index contributed by atoms with van der Waals surface area (Å²) in [4.78, 5) is 35.4. The molecule has 1 heterocycles. The highest BCUT2D eigenvalue weighted by Crippen LogP contribution is 2.30. The first-order valence-electron chi connectivity index (χ1n) is 7.40. The van der Waals surface area contributed by atoms with E-state index in [-0.39, 0.29) is 18.2 Å². The third kappa shape index (κ3) is 4.07. The molecule has 0 bridgehead atoms.